The first-order valence-electron chi connectivity index (χ1n) is 7.66. The monoisotopic (exact) mass is 289 g/mol. The minimum atomic E-state index is -0.302. The Labute approximate surface area is 124 Å². The summed E-state index contributed by atoms with van der Waals surface area (Å²) in [6.45, 7) is 7.10. The molecule has 1 aromatic heterocycles. The van der Waals surface area contributed by atoms with Crippen LogP contribution in [0.25, 0.3) is 10.9 Å². The third kappa shape index (κ3) is 3.00. The van der Waals surface area contributed by atoms with Gasteiger partial charge < -0.3 is 9.88 Å². The Bertz CT molecular complexity index is 654. The summed E-state index contributed by atoms with van der Waals surface area (Å²) in [5, 5.41) is 0.692. The highest BCUT2D eigenvalue weighted by Crippen LogP contribution is 2.19. The van der Waals surface area contributed by atoms with Crippen molar-refractivity contribution in [1.82, 2.24) is 4.98 Å². The van der Waals surface area contributed by atoms with Crippen LogP contribution in [0.4, 0.5) is 4.39 Å². The summed E-state index contributed by atoms with van der Waals surface area (Å²) in [5.74, 6) is 1.13. The van der Waals surface area contributed by atoms with E-state index in [1.165, 1.54) is 23.5 Å². The number of aromatic nitrogens is 1. The number of quaternary nitrogens is 1. The van der Waals surface area contributed by atoms with Gasteiger partial charge in [0, 0.05) is 34.5 Å². The molecule has 0 saturated carbocycles. The van der Waals surface area contributed by atoms with Gasteiger partial charge in [-0.15, -0.1) is 0 Å². The molecule has 0 radical (unpaired) electrons. The van der Waals surface area contributed by atoms with E-state index in [0.717, 1.165) is 18.6 Å². The maximum Gasteiger partial charge on any atom is 0.219 e. The van der Waals surface area contributed by atoms with Gasteiger partial charge in [-0.25, -0.2) is 4.39 Å². The second-order valence-corrected chi connectivity index (χ2v) is 6.60. The number of nitrogens with one attached hydrogen (secondary N) is 2. The fourth-order valence-corrected chi connectivity index (χ4v) is 3.71. The molecule has 0 bridgehead atoms. The van der Waals surface area contributed by atoms with Crippen molar-refractivity contribution < 1.29 is 14.1 Å². The van der Waals surface area contributed by atoms with Crippen molar-refractivity contribution in [1.29, 1.82) is 0 Å². The number of benzene rings is 1. The Morgan fingerprint density at radius 2 is 2.05 bits per heavy atom. The van der Waals surface area contributed by atoms with Crippen LogP contribution in [0.1, 0.15) is 30.6 Å². The molecule has 1 fully saturated rings. The Morgan fingerprint density at radius 1 is 1.33 bits per heavy atom. The molecule has 1 aromatic carbocycles. The molecule has 3 rings (SSSR count). The molecule has 4 heteroatoms. The number of H-pyrrole nitrogens is 1. The average Bonchev–Trinajstić information content (AvgIpc) is 2.80. The molecule has 0 spiro atoms. The van der Waals surface area contributed by atoms with E-state index < -0.39 is 0 Å². The number of aromatic amines is 1. The minimum absolute atomic E-state index is 0.100. The van der Waals surface area contributed by atoms with Crippen molar-refractivity contribution in [3.8, 4) is 0 Å². The smallest absolute Gasteiger partial charge is 0.219 e. The number of piperidine rings is 1. The number of ketones is 1. The highest BCUT2D eigenvalue weighted by molar-refractivity contribution is 6.08. The zero-order valence-corrected chi connectivity index (χ0v) is 12.6. The van der Waals surface area contributed by atoms with Gasteiger partial charge >= 0.3 is 0 Å². The molecule has 1 unspecified atom stereocenters. The first-order valence-corrected chi connectivity index (χ1v) is 7.66. The maximum absolute atomic E-state index is 13.4. The molecular weight excluding hydrogens is 267 g/mol. The summed E-state index contributed by atoms with van der Waals surface area (Å²) < 4.78 is 13.4. The molecule has 2 heterocycles. The lowest BCUT2D eigenvalue weighted by Crippen LogP contribution is -3.15. The number of hydrogen-bond acceptors (Lipinski definition) is 1. The number of Topliss-reactive ketones (excluding diaryl/α,β-unsaturated/α-hetero) is 1. The molecule has 112 valence electrons. The summed E-state index contributed by atoms with van der Waals surface area (Å²) in [7, 11) is 0. The Hall–Kier alpha value is -1.68. The number of carbonyl (C=O) groups is 1. The largest absolute Gasteiger partial charge is 0.360 e. The summed E-state index contributed by atoms with van der Waals surface area (Å²) in [6, 6.07) is 4.53. The number of likely N-dealkylation sites (tertiary alicyclic amines) is 1. The van der Waals surface area contributed by atoms with E-state index in [2.05, 4.69) is 18.8 Å². The fraction of sp³-hybridized carbons (Fsp3) is 0.471. The molecule has 2 N–H and O–H groups in total. The number of halogens is 1. The Morgan fingerprint density at radius 3 is 2.76 bits per heavy atom. The van der Waals surface area contributed by atoms with Gasteiger partial charge in [0.25, 0.3) is 0 Å². The predicted octanol–water partition coefficient (Wildman–Crippen LogP) is 2.05. The second kappa shape index (κ2) is 5.60. The van der Waals surface area contributed by atoms with Crippen LogP contribution in [0.3, 0.4) is 0 Å². The van der Waals surface area contributed by atoms with E-state index in [-0.39, 0.29) is 11.6 Å². The maximum atomic E-state index is 13.4. The topological polar surface area (TPSA) is 37.3 Å². The van der Waals surface area contributed by atoms with Crippen molar-refractivity contribution in [2.75, 3.05) is 19.6 Å². The quantitative estimate of drug-likeness (QED) is 0.834. The van der Waals surface area contributed by atoms with Crippen LogP contribution in [0.2, 0.25) is 0 Å². The van der Waals surface area contributed by atoms with Gasteiger partial charge in [-0.2, -0.15) is 0 Å². The van der Waals surface area contributed by atoms with Crippen LogP contribution >= 0.6 is 0 Å². The van der Waals surface area contributed by atoms with Crippen LogP contribution in [0.15, 0.2) is 24.4 Å². The summed E-state index contributed by atoms with van der Waals surface area (Å²) >= 11 is 0. The third-order valence-corrected chi connectivity index (χ3v) is 4.43. The predicted molar refractivity (Wildman–Crippen MR) is 81.1 cm³/mol. The van der Waals surface area contributed by atoms with Gasteiger partial charge in [-0.1, -0.05) is 13.8 Å². The van der Waals surface area contributed by atoms with Gasteiger partial charge in [0.2, 0.25) is 5.78 Å². The average molecular weight is 289 g/mol. The fourth-order valence-electron chi connectivity index (χ4n) is 3.71. The number of hydrogen-bond donors (Lipinski definition) is 2. The zero-order chi connectivity index (χ0) is 15.0. The van der Waals surface area contributed by atoms with Crippen LogP contribution in [0, 0.1) is 17.7 Å². The number of carbonyl (C=O) groups excluding carboxylic acids is 1. The van der Waals surface area contributed by atoms with Gasteiger partial charge in [0.15, 0.2) is 0 Å². The van der Waals surface area contributed by atoms with Crippen molar-refractivity contribution in [2.45, 2.75) is 20.3 Å². The highest BCUT2D eigenvalue weighted by atomic mass is 19.1. The summed E-state index contributed by atoms with van der Waals surface area (Å²) in [5.41, 5.74) is 1.43. The molecule has 1 aliphatic heterocycles. The molecule has 1 saturated heterocycles. The van der Waals surface area contributed by atoms with Crippen LogP contribution in [-0.4, -0.2) is 30.4 Å². The lowest BCUT2D eigenvalue weighted by atomic mass is 9.91. The zero-order valence-electron chi connectivity index (χ0n) is 12.6. The van der Waals surface area contributed by atoms with E-state index in [1.807, 2.05) is 0 Å². The third-order valence-electron chi connectivity index (χ3n) is 4.43. The SMILES string of the molecule is C[C@@H]1C[C@H](C)C[NH+](CC(=O)c2c[nH]c3ccc(F)cc23)C1. The molecule has 1 aliphatic rings. The van der Waals surface area contributed by atoms with Crippen molar-refractivity contribution in [3.05, 3.63) is 35.8 Å². The Kier molecular flexibility index (Phi) is 3.81. The normalized spacial score (nSPS) is 26.1. The molecule has 3 nitrogen and oxygen atoms in total. The number of rotatable bonds is 3. The summed E-state index contributed by atoms with van der Waals surface area (Å²) in [4.78, 5) is 16.9. The molecular formula is C17H22FN2O+. The van der Waals surface area contributed by atoms with Crippen LogP contribution in [-0.2, 0) is 0 Å². The first-order chi connectivity index (χ1) is 10.0. The van der Waals surface area contributed by atoms with Crippen molar-refractivity contribution in [3.63, 3.8) is 0 Å². The molecule has 0 aliphatic carbocycles. The van der Waals surface area contributed by atoms with E-state index in [0.29, 0.717) is 29.3 Å². The van der Waals surface area contributed by atoms with E-state index in [9.17, 15) is 9.18 Å². The van der Waals surface area contributed by atoms with Gasteiger partial charge in [-0.3, -0.25) is 4.79 Å². The van der Waals surface area contributed by atoms with E-state index >= 15 is 0 Å². The minimum Gasteiger partial charge on any atom is -0.360 e. The Balaban J connectivity index is 1.79. The first kappa shape index (κ1) is 14.3. The van der Waals surface area contributed by atoms with Crippen molar-refractivity contribution >= 4 is 16.7 Å². The van der Waals surface area contributed by atoms with Gasteiger partial charge in [-0.05, 0) is 24.6 Å². The summed E-state index contributed by atoms with van der Waals surface area (Å²) in [6.07, 6.45) is 2.96. The van der Waals surface area contributed by atoms with Gasteiger partial charge in [0.1, 0.15) is 12.4 Å². The second-order valence-electron chi connectivity index (χ2n) is 6.60. The molecule has 3 atom stereocenters. The molecule has 2 aromatic rings. The van der Waals surface area contributed by atoms with Crippen LogP contribution < -0.4 is 4.90 Å². The van der Waals surface area contributed by atoms with Gasteiger partial charge in [0.05, 0.1) is 13.1 Å². The molecule has 21 heavy (non-hydrogen) atoms. The molecule has 0 amide bonds. The van der Waals surface area contributed by atoms with Crippen LogP contribution in [0.5, 0.6) is 0 Å². The highest BCUT2D eigenvalue weighted by Gasteiger charge is 2.27. The lowest BCUT2D eigenvalue weighted by Gasteiger charge is -2.31. The standard InChI is InChI=1S/C17H21FN2O/c1-11-5-12(2)9-20(8-11)10-17(21)15-7-19-16-4-3-13(18)6-14(15)16/h3-4,6-7,11-12,19H,5,8-10H2,1-2H3/p+1/t11-,12+. The van der Waals surface area contributed by atoms with E-state index in [4.69, 9.17) is 0 Å². The van der Waals surface area contributed by atoms with Crippen molar-refractivity contribution in [2.24, 2.45) is 11.8 Å². The van der Waals surface area contributed by atoms with E-state index in [1.54, 1.807) is 12.3 Å². The number of fused-ring (bicyclic) bond motifs is 1. The lowest BCUT2D eigenvalue weighted by molar-refractivity contribution is -0.903.